The summed E-state index contributed by atoms with van der Waals surface area (Å²) in [6.07, 6.45) is 3.81. The highest BCUT2D eigenvalue weighted by molar-refractivity contribution is 6.32. The minimum absolute atomic E-state index is 0.365. The van der Waals surface area contributed by atoms with Gasteiger partial charge in [-0.1, -0.05) is 42.3 Å². The quantitative estimate of drug-likeness (QED) is 0.336. The van der Waals surface area contributed by atoms with Crippen molar-refractivity contribution in [1.82, 2.24) is 4.90 Å². The van der Waals surface area contributed by atoms with Crippen molar-refractivity contribution >= 4 is 34.0 Å². The van der Waals surface area contributed by atoms with Crippen molar-refractivity contribution in [2.24, 2.45) is 0 Å². The average molecular weight is 425 g/mol. The summed E-state index contributed by atoms with van der Waals surface area (Å²) in [7, 11) is 0. The molecule has 6 heteroatoms. The van der Waals surface area contributed by atoms with E-state index in [2.05, 4.69) is 4.90 Å². The number of carbonyl (C=O) groups excluding carboxylic acids is 1. The molecule has 156 valence electrons. The molecule has 1 fully saturated rings. The number of halogens is 1. The molecule has 2 N–H and O–H groups in total. The second-order valence-electron chi connectivity index (χ2n) is 7.48. The van der Waals surface area contributed by atoms with Gasteiger partial charge in [-0.3, -0.25) is 4.90 Å². The molecule has 0 radical (unpaired) electrons. The lowest BCUT2D eigenvalue weighted by Gasteiger charge is -2.26. The number of esters is 1. The van der Waals surface area contributed by atoms with Gasteiger partial charge in [0, 0.05) is 23.0 Å². The van der Waals surface area contributed by atoms with Crippen LogP contribution in [0.2, 0.25) is 5.02 Å². The zero-order valence-electron chi connectivity index (χ0n) is 16.8. The molecule has 0 saturated carbocycles. The Balaban J connectivity index is 1.41. The first-order valence-electron chi connectivity index (χ1n) is 10.3. The third-order valence-electron chi connectivity index (χ3n) is 5.40. The first kappa shape index (κ1) is 20.5. The van der Waals surface area contributed by atoms with E-state index in [1.807, 2.05) is 24.3 Å². The number of hydrogen-bond acceptors (Lipinski definition) is 5. The van der Waals surface area contributed by atoms with Crippen LogP contribution in [0.1, 0.15) is 29.6 Å². The summed E-state index contributed by atoms with van der Waals surface area (Å²) >= 11 is 6.35. The van der Waals surface area contributed by atoms with Crippen molar-refractivity contribution in [3.63, 3.8) is 0 Å². The Labute approximate surface area is 181 Å². The van der Waals surface area contributed by atoms with Gasteiger partial charge in [-0.05, 0) is 56.3 Å². The lowest BCUT2D eigenvalue weighted by molar-refractivity contribution is 0.0737. The number of nitrogen functional groups attached to an aromatic ring is 1. The van der Waals surface area contributed by atoms with Gasteiger partial charge < -0.3 is 15.2 Å². The van der Waals surface area contributed by atoms with E-state index in [0.717, 1.165) is 30.4 Å². The molecule has 0 unspecified atom stereocenters. The number of rotatable bonds is 6. The smallest absolute Gasteiger partial charge is 0.343 e. The summed E-state index contributed by atoms with van der Waals surface area (Å²) in [4.78, 5) is 15.1. The Morgan fingerprint density at radius 2 is 1.70 bits per heavy atom. The number of piperidine rings is 1. The lowest BCUT2D eigenvalue weighted by Crippen LogP contribution is -2.33. The molecule has 0 atom stereocenters. The van der Waals surface area contributed by atoms with Gasteiger partial charge in [0.05, 0.1) is 10.6 Å². The van der Waals surface area contributed by atoms with Gasteiger partial charge in [-0.2, -0.15) is 0 Å². The third kappa shape index (κ3) is 4.69. The molecule has 1 aliphatic heterocycles. The molecule has 0 amide bonds. The van der Waals surface area contributed by atoms with Crippen LogP contribution in [0.4, 0.5) is 5.69 Å². The number of anilines is 1. The predicted octanol–water partition coefficient (Wildman–Crippen LogP) is 5.16. The van der Waals surface area contributed by atoms with Gasteiger partial charge in [-0.25, -0.2) is 4.79 Å². The SMILES string of the molecule is Nc1ccc(OC(=O)c2ccc(OCCN3CCCCC3)c(Cl)c2)c2ccccc12. The Kier molecular flexibility index (Phi) is 6.41. The number of fused-ring (bicyclic) bond motifs is 1. The molecule has 3 aromatic rings. The number of nitrogens with two attached hydrogens (primary N) is 1. The minimum atomic E-state index is -0.480. The average Bonchev–Trinajstić information content (AvgIpc) is 2.77. The predicted molar refractivity (Wildman–Crippen MR) is 121 cm³/mol. The van der Waals surface area contributed by atoms with Crippen LogP contribution in [-0.2, 0) is 0 Å². The molecular weight excluding hydrogens is 400 g/mol. The van der Waals surface area contributed by atoms with E-state index in [-0.39, 0.29) is 0 Å². The van der Waals surface area contributed by atoms with Gasteiger partial charge in [0.15, 0.2) is 0 Å². The molecule has 1 heterocycles. The summed E-state index contributed by atoms with van der Waals surface area (Å²) in [6, 6.07) is 16.0. The van der Waals surface area contributed by atoms with Gasteiger partial charge in [0.25, 0.3) is 0 Å². The molecule has 0 aliphatic carbocycles. The second kappa shape index (κ2) is 9.37. The van der Waals surface area contributed by atoms with Crippen LogP contribution in [0.5, 0.6) is 11.5 Å². The van der Waals surface area contributed by atoms with E-state index < -0.39 is 5.97 Å². The van der Waals surface area contributed by atoms with E-state index in [0.29, 0.717) is 34.4 Å². The van der Waals surface area contributed by atoms with Crippen molar-refractivity contribution in [3.05, 3.63) is 65.2 Å². The van der Waals surface area contributed by atoms with Crippen molar-refractivity contribution in [1.29, 1.82) is 0 Å². The van der Waals surface area contributed by atoms with Gasteiger partial charge in [-0.15, -0.1) is 0 Å². The zero-order valence-corrected chi connectivity index (χ0v) is 17.5. The number of carbonyl (C=O) groups is 1. The molecule has 5 nitrogen and oxygen atoms in total. The fourth-order valence-corrected chi connectivity index (χ4v) is 3.99. The fraction of sp³-hybridized carbons (Fsp3) is 0.292. The van der Waals surface area contributed by atoms with E-state index in [1.54, 1.807) is 30.3 Å². The monoisotopic (exact) mass is 424 g/mol. The summed E-state index contributed by atoms with van der Waals surface area (Å²) in [6.45, 7) is 3.70. The topological polar surface area (TPSA) is 64.8 Å². The fourth-order valence-electron chi connectivity index (χ4n) is 3.76. The highest BCUT2D eigenvalue weighted by atomic mass is 35.5. The molecule has 4 rings (SSSR count). The molecule has 0 spiro atoms. The number of likely N-dealkylation sites (tertiary alicyclic amines) is 1. The maximum Gasteiger partial charge on any atom is 0.343 e. The first-order valence-corrected chi connectivity index (χ1v) is 10.6. The molecular formula is C24H25ClN2O3. The van der Waals surface area contributed by atoms with E-state index >= 15 is 0 Å². The van der Waals surface area contributed by atoms with Crippen LogP contribution in [0.15, 0.2) is 54.6 Å². The van der Waals surface area contributed by atoms with Gasteiger partial charge in [0.1, 0.15) is 18.1 Å². The standard InChI is InChI=1S/C24H25ClN2O3/c25-20-16-17(8-10-23(20)29-15-14-27-12-4-1-5-13-27)24(28)30-22-11-9-21(26)18-6-2-3-7-19(18)22/h2-3,6-11,16H,1,4-5,12-15,26H2. The molecule has 0 bridgehead atoms. The number of nitrogens with zero attached hydrogens (tertiary/aromatic N) is 1. The largest absolute Gasteiger partial charge is 0.491 e. The number of ether oxygens (including phenoxy) is 2. The van der Waals surface area contributed by atoms with Crippen molar-refractivity contribution < 1.29 is 14.3 Å². The Morgan fingerprint density at radius 3 is 2.47 bits per heavy atom. The molecule has 1 saturated heterocycles. The highest BCUT2D eigenvalue weighted by Gasteiger charge is 2.15. The minimum Gasteiger partial charge on any atom is -0.491 e. The molecule has 3 aromatic carbocycles. The number of hydrogen-bond donors (Lipinski definition) is 1. The van der Waals surface area contributed by atoms with Crippen LogP contribution < -0.4 is 15.2 Å². The Morgan fingerprint density at radius 1 is 0.967 bits per heavy atom. The molecule has 0 aromatic heterocycles. The molecule has 1 aliphatic rings. The highest BCUT2D eigenvalue weighted by Crippen LogP contribution is 2.31. The summed E-state index contributed by atoms with van der Waals surface area (Å²) in [5.74, 6) is 0.553. The Hall–Kier alpha value is -2.76. The summed E-state index contributed by atoms with van der Waals surface area (Å²) in [5.41, 5.74) is 7.02. The van der Waals surface area contributed by atoms with Crippen LogP contribution in [0, 0.1) is 0 Å². The van der Waals surface area contributed by atoms with Gasteiger partial charge >= 0.3 is 5.97 Å². The van der Waals surface area contributed by atoms with Crippen LogP contribution in [0.25, 0.3) is 10.8 Å². The Bertz CT molecular complexity index is 1050. The number of benzene rings is 3. The van der Waals surface area contributed by atoms with Gasteiger partial charge in [0.2, 0.25) is 0 Å². The second-order valence-corrected chi connectivity index (χ2v) is 7.89. The van der Waals surface area contributed by atoms with Crippen LogP contribution in [0.3, 0.4) is 0 Å². The van der Waals surface area contributed by atoms with Crippen molar-refractivity contribution in [3.8, 4) is 11.5 Å². The van der Waals surface area contributed by atoms with E-state index in [4.69, 9.17) is 26.8 Å². The lowest BCUT2D eigenvalue weighted by atomic mass is 10.1. The summed E-state index contributed by atoms with van der Waals surface area (Å²) in [5, 5.41) is 2.03. The van der Waals surface area contributed by atoms with Crippen LogP contribution >= 0.6 is 11.6 Å². The normalized spacial score (nSPS) is 14.6. The zero-order chi connectivity index (χ0) is 20.9. The first-order chi connectivity index (χ1) is 14.6. The van der Waals surface area contributed by atoms with E-state index in [1.165, 1.54) is 19.3 Å². The summed E-state index contributed by atoms with van der Waals surface area (Å²) < 4.78 is 11.4. The maximum absolute atomic E-state index is 12.7. The third-order valence-corrected chi connectivity index (χ3v) is 5.70. The van der Waals surface area contributed by atoms with E-state index in [9.17, 15) is 4.79 Å². The molecule has 30 heavy (non-hydrogen) atoms. The maximum atomic E-state index is 12.7. The van der Waals surface area contributed by atoms with Crippen molar-refractivity contribution in [2.45, 2.75) is 19.3 Å². The van der Waals surface area contributed by atoms with Crippen LogP contribution in [-0.4, -0.2) is 37.1 Å². The van der Waals surface area contributed by atoms with Crippen molar-refractivity contribution in [2.75, 3.05) is 32.0 Å².